The Bertz CT molecular complexity index is 631. The van der Waals surface area contributed by atoms with Crippen molar-refractivity contribution in [1.82, 2.24) is 15.3 Å². The lowest BCUT2D eigenvalue weighted by atomic mass is 9.99. The van der Waals surface area contributed by atoms with E-state index in [1.807, 2.05) is 20.9 Å². The minimum Gasteiger partial charge on any atom is -0.496 e. The molecule has 0 amide bonds. The second-order valence-corrected chi connectivity index (χ2v) is 4.99. The summed E-state index contributed by atoms with van der Waals surface area (Å²) in [5, 5.41) is 3.14. The average Bonchev–Trinajstić information content (AvgIpc) is 2.48. The number of rotatable bonds is 5. The van der Waals surface area contributed by atoms with Gasteiger partial charge in [-0.2, -0.15) is 0 Å². The lowest BCUT2D eigenvalue weighted by Gasteiger charge is -2.19. The zero-order chi connectivity index (χ0) is 15.4. The summed E-state index contributed by atoms with van der Waals surface area (Å²) in [4.78, 5) is 8.26. The number of hydrogen-bond donors (Lipinski definition) is 1. The van der Waals surface area contributed by atoms with Crippen molar-refractivity contribution in [3.05, 3.63) is 52.9 Å². The van der Waals surface area contributed by atoms with Crippen LogP contribution in [0.4, 0.5) is 4.39 Å². The molecule has 0 saturated heterocycles. The molecular formula is C16H20FN3O. The van der Waals surface area contributed by atoms with Crippen molar-refractivity contribution < 1.29 is 9.13 Å². The van der Waals surface area contributed by atoms with Gasteiger partial charge in [0, 0.05) is 47.2 Å². The summed E-state index contributed by atoms with van der Waals surface area (Å²) in [5.74, 6) is 0.527. The van der Waals surface area contributed by atoms with E-state index < -0.39 is 0 Å². The Morgan fingerprint density at radius 2 is 2.10 bits per heavy atom. The first kappa shape index (κ1) is 15.4. The van der Waals surface area contributed by atoms with E-state index in [1.54, 1.807) is 25.6 Å². The molecule has 2 aromatic rings. The van der Waals surface area contributed by atoms with Gasteiger partial charge in [-0.05, 0) is 27.0 Å². The Labute approximate surface area is 124 Å². The second-order valence-electron chi connectivity index (χ2n) is 4.99. The highest BCUT2D eigenvalue weighted by molar-refractivity contribution is 5.41. The number of halogens is 1. The molecule has 0 aliphatic rings. The van der Waals surface area contributed by atoms with E-state index >= 15 is 0 Å². The molecule has 0 aliphatic heterocycles. The standard InChI is InChI=1S/C16H20FN3O/c1-10-8-20-14(11(2)16(10)21-4)7-15(18-3)12-5-6-19-9-13(12)17/h5-6,8-9,15,18H,7H2,1-4H3. The minimum atomic E-state index is -0.312. The largest absolute Gasteiger partial charge is 0.496 e. The van der Waals surface area contributed by atoms with Crippen LogP contribution in [0, 0.1) is 19.7 Å². The fourth-order valence-electron chi connectivity index (χ4n) is 2.51. The van der Waals surface area contributed by atoms with E-state index in [1.165, 1.54) is 6.20 Å². The molecule has 112 valence electrons. The van der Waals surface area contributed by atoms with Crippen molar-refractivity contribution in [3.8, 4) is 5.75 Å². The van der Waals surface area contributed by atoms with Crippen molar-refractivity contribution >= 4 is 0 Å². The van der Waals surface area contributed by atoms with Crippen LogP contribution in [0.25, 0.3) is 0 Å². The van der Waals surface area contributed by atoms with E-state index in [0.717, 1.165) is 22.6 Å². The fraction of sp³-hybridized carbons (Fsp3) is 0.375. The van der Waals surface area contributed by atoms with E-state index in [9.17, 15) is 4.39 Å². The number of nitrogens with zero attached hydrogens (tertiary/aromatic N) is 2. The zero-order valence-electron chi connectivity index (χ0n) is 12.8. The maximum Gasteiger partial charge on any atom is 0.146 e. The van der Waals surface area contributed by atoms with E-state index in [0.29, 0.717) is 12.0 Å². The van der Waals surface area contributed by atoms with Crippen LogP contribution in [0.5, 0.6) is 5.75 Å². The van der Waals surface area contributed by atoms with Crippen molar-refractivity contribution in [1.29, 1.82) is 0 Å². The number of likely N-dealkylation sites (N-methyl/N-ethyl adjacent to an activating group) is 1. The summed E-state index contributed by atoms with van der Waals surface area (Å²) >= 11 is 0. The number of aryl methyl sites for hydroxylation is 1. The molecule has 0 bridgehead atoms. The van der Waals surface area contributed by atoms with Crippen molar-refractivity contribution in [2.75, 3.05) is 14.2 Å². The van der Waals surface area contributed by atoms with E-state index in [4.69, 9.17) is 4.74 Å². The third kappa shape index (κ3) is 3.19. The molecule has 1 unspecified atom stereocenters. The monoisotopic (exact) mass is 289 g/mol. The van der Waals surface area contributed by atoms with Gasteiger partial charge in [0.2, 0.25) is 0 Å². The van der Waals surface area contributed by atoms with Crippen LogP contribution in [-0.2, 0) is 6.42 Å². The highest BCUT2D eigenvalue weighted by atomic mass is 19.1. The molecule has 0 radical (unpaired) electrons. The number of nitrogens with one attached hydrogen (secondary N) is 1. The predicted molar refractivity (Wildman–Crippen MR) is 80.0 cm³/mol. The lowest BCUT2D eigenvalue weighted by molar-refractivity contribution is 0.406. The van der Waals surface area contributed by atoms with E-state index in [2.05, 4.69) is 15.3 Å². The third-order valence-corrected chi connectivity index (χ3v) is 3.67. The summed E-state index contributed by atoms with van der Waals surface area (Å²) in [6.45, 7) is 3.94. The molecule has 4 nitrogen and oxygen atoms in total. The summed E-state index contributed by atoms with van der Waals surface area (Å²) < 4.78 is 19.3. The van der Waals surface area contributed by atoms with Gasteiger partial charge in [-0.1, -0.05) is 0 Å². The minimum absolute atomic E-state index is 0.161. The Kier molecular flexibility index (Phi) is 4.85. The Hall–Kier alpha value is -2.01. The second kappa shape index (κ2) is 6.63. The van der Waals surface area contributed by atoms with Gasteiger partial charge in [0.25, 0.3) is 0 Å². The highest BCUT2D eigenvalue weighted by Gasteiger charge is 2.18. The molecule has 2 aromatic heterocycles. The summed E-state index contributed by atoms with van der Waals surface area (Å²) in [6.07, 6.45) is 5.20. The van der Waals surface area contributed by atoms with Crippen molar-refractivity contribution in [3.63, 3.8) is 0 Å². The van der Waals surface area contributed by atoms with Gasteiger partial charge in [0.05, 0.1) is 13.3 Å². The Balaban J connectivity index is 2.34. The van der Waals surface area contributed by atoms with E-state index in [-0.39, 0.29) is 11.9 Å². The fourth-order valence-corrected chi connectivity index (χ4v) is 2.51. The molecule has 0 spiro atoms. The van der Waals surface area contributed by atoms with Crippen LogP contribution >= 0.6 is 0 Å². The first-order valence-electron chi connectivity index (χ1n) is 6.84. The van der Waals surface area contributed by atoms with Crippen LogP contribution in [-0.4, -0.2) is 24.1 Å². The van der Waals surface area contributed by atoms with Gasteiger partial charge in [-0.3, -0.25) is 9.97 Å². The Morgan fingerprint density at radius 3 is 2.71 bits per heavy atom. The first-order chi connectivity index (χ1) is 10.1. The smallest absolute Gasteiger partial charge is 0.146 e. The quantitative estimate of drug-likeness (QED) is 0.919. The van der Waals surface area contributed by atoms with Crippen LogP contribution in [0.3, 0.4) is 0 Å². The van der Waals surface area contributed by atoms with Gasteiger partial charge < -0.3 is 10.1 Å². The molecule has 2 heterocycles. The van der Waals surface area contributed by atoms with Crippen LogP contribution in [0.15, 0.2) is 24.7 Å². The molecule has 5 heteroatoms. The predicted octanol–water partition coefficient (Wildman–Crippen LogP) is 2.74. The maximum absolute atomic E-state index is 13.9. The number of aromatic nitrogens is 2. The number of ether oxygens (including phenoxy) is 1. The molecule has 0 aromatic carbocycles. The molecule has 1 N–H and O–H groups in total. The van der Waals surface area contributed by atoms with Gasteiger partial charge in [0.15, 0.2) is 0 Å². The molecular weight excluding hydrogens is 269 g/mol. The number of methoxy groups -OCH3 is 1. The SMILES string of the molecule is CNC(Cc1ncc(C)c(OC)c1C)c1ccncc1F. The zero-order valence-corrected chi connectivity index (χ0v) is 12.8. The van der Waals surface area contributed by atoms with Gasteiger partial charge in [-0.25, -0.2) is 4.39 Å². The van der Waals surface area contributed by atoms with Gasteiger partial charge in [-0.15, -0.1) is 0 Å². The first-order valence-corrected chi connectivity index (χ1v) is 6.84. The number of hydrogen-bond acceptors (Lipinski definition) is 4. The topological polar surface area (TPSA) is 47.0 Å². The third-order valence-electron chi connectivity index (χ3n) is 3.67. The molecule has 0 fully saturated rings. The normalized spacial score (nSPS) is 12.2. The van der Waals surface area contributed by atoms with Crippen LogP contribution in [0.1, 0.15) is 28.4 Å². The van der Waals surface area contributed by atoms with Crippen molar-refractivity contribution in [2.45, 2.75) is 26.3 Å². The Morgan fingerprint density at radius 1 is 1.33 bits per heavy atom. The van der Waals surface area contributed by atoms with Gasteiger partial charge in [0.1, 0.15) is 11.6 Å². The summed E-state index contributed by atoms with van der Waals surface area (Å²) in [5.41, 5.74) is 3.48. The maximum atomic E-state index is 13.9. The molecule has 0 aliphatic carbocycles. The summed E-state index contributed by atoms with van der Waals surface area (Å²) in [7, 11) is 3.46. The average molecular weight is 289 g/mol. The van der Waals surface area contributed by atoms with Gasteiger partial charge >= 0.3 is 0 Å². The number of pyridine rings is 2. The molecule has 0 saturated carbocycles. The van der Waals surface area contributed by atoms with Crippen LogP contribution < -0.4 is 10.1 Å². The van der Waals surface area contributed by atoms with Crippen LogP contribution in [0.2, 0.25) is 0 Å². The highest BCUT2D eigenvalue weighted by Crippen LogP contribution is 2.27. The lowest BCUT2D eigenvalue weighted by Crippen LogP contribution is -2.21. The molecule has 2 rings (SSSR count). The molecule has 21 heavy (non-hydrogen) atoms. The van der Waals surface area contributed by atoms with Crippen molar-refractivity contribution in [2.24, 2.45) is 0 Å². The molecule has 1 atom stereocenters. The summed E-state index contributed by atoms with van der Waals surface area (Å²) in [6, 6.07) is 1.53.